The summed E-state index contributed by atoms with van der Waals surface area (Å²) in [4.78, 5) is 17.5. The van der Waals surface area contributed by atoms with Gasteiger partial charge in [-0.15, -0.1) is 0 Å². The molecule has 6 rings (SSSR count). The first-order valence-electron chi connectivity index (χ1n) is 9.30. The van der Waals surface area contributed by atoms with Gasteiger partial charge in [-0.25, -0.2) is 9.67 Å². The van der Waals surface area contributed by atoms with E-state index in [-0.39, 0.29) is 16.9 Å². The zero-order chi connectivity index (χ0) is 17.1. The van der Waals surface area contributed by atoms with Crippen LogP contribution in [0.25, 0.3) is 0 Å². The number of aryl methyl sites for hydroxylation is 1. The average molecular weight is 336 g/mol. The number of carbonyl (C=O) groups is 1. The van der Waals surface area contributed by atoms with E-state index in [0.717, 1.165) is 37.8 Å². The van der Waals surface area contributed by atoms with Gasteiger partial charge in [0.2, 0.25) is 5.91 Å². The third-order valence-electron chi connectivity index (χ3n) is 6.73. The minimum atomic E-state index is -0.249. The van der Waals surface area contributed by atoms with E-state index in [0.29, 0.717) is 11.8 Å². The molecule has 0 radical (unpaired) electrons. The molecular formula is C20H24N4O. The van der Waals surface area contributed by atoms with Crippen molar-refractivity contribution >= 4 is 11.6 Å². The summed E-state index contributed by atoms with van der Waals surface area (Å²) < 4.78 is 2.05. The molecule has 1 N–H and O–H groups in total. The number of rotatable bonds is 3. The lowest BCUT2D eigenvalue weighted by atomic mass is 9.46. The molecule has 0 spiro atoms. The van der Waals surface area contributed by atoms with E-state index in [1.165, 1.54) is 12.0 Å². The summed E-state index contributed by atoms with van der Waals surface area (Å²) in [6.07, 6.45) is 9.98. The van der Waals surface area contributed by atoms with Crippen molar-refractivity contribution in [2.24, 2.45) is 17.3 Å². The molecule has 4 atom stereocenters. The van der Waals surface area contributed by atoms with Crippen molar-refractivity contribution in [3.8, 4) is 0 Å². The minimum Gasteiger partial charge on any atom is -0.326 e. The van der Waals surface area contributed by atoms with Crippen molar-refractivity contribution in [1.82, 2.24) is 14.8 Å². The SMILES string of the molecule is Cc1ccc(NC(=O)C23C[C@H]4C[C@@H](C2)CC(n2cncn2)(C4)C3)cc1. The molecule has 25 heavy (non-hydrogen) atoms. The van der Waals surface area contributed by atoms with Crippen LogP contribution in [-0.4, -0.2) is 20.7 Å². The van der Waals surface area contributed by atoms with Crippen LogP contribution < -0.4 is 5.32 Å². The fraction of sp³-hybridized carbons (Fsp3) is 0.550. The summed E-state index contributed by atoms with van der Waals surface area (Å²) in [6, 6.07) is 8.10. The van der Waals surface area contributed by atoms with E-state index >= 15 is 0 Å². The molecule has 1 heterocycles. The van der Waals surface area contributed by atoms with Gasteiger partial charge in [-0.1, -0.05) is 17.7 Å². The smallest absolute Gasteiger partial charge is 0.230 e. The van der Waals surface area contributed by atoms with Crippen LogP contribution in [0.4, 0.5) is 5.69 Å². The minimum absolute atomic E-state index is 0.00873. The van der Waals surface area contributed by atoms with Crippen LogP contribution in [0.1, 0.15) is 44.1 Å². The summed E-state index contributed by atoms with van der Waals surface area (Å²) >= 11 is 0. The molecule has 0 aliphatic heterocycles. The van der Waals surface area contributed by atoms with Gasteiger partial charge in [0, 0.05) is 5.69 Å². The van der Waals surface area contributed by atoms with Crippen LogP contribution in [0.15, 0.2) is 36.9 Å². The predicted octanol–water partition coefficient (Wildman–Crippen LogP) is 3.52. The van der Waals surface area contributed by atoms with Crippen LogP contribution >= 0.6 is 0 Å². The third-order valence-corrected chi connectivity index (χ3v) is 6.73. The number of benzene rings is 1. The van der Waals surface area contributed by atoms with E-state index in [1.807, 2.05) is 30.6 Å². The number of nitrogens with one attached hydrogen (secondary N) is 1. The Morgan fingerprint density at radius 3 is 2.52 bits per heavy atom. The Balaban J connectivity index is 1.46. The Hall–Kier alpha value is -2.17. The number of amides is 1. The number of nitrogens with zero attached hydrogens (tertiary/aromatic N) is 3. The zero-order valence-corrected chi connectivity index (χ0v) is 14.6. The van der Waals surface area contributed by atoms with Gasteiger partial charge in [0.1, 0.15) is 12.7 Å². The van der Waals surface area contributed by atoms with Crippen molar-refractivity contribution in [3.63, 3.8) is 0 Å². The lowest BCUT2D eigenvalue weighted by molar-refractivity contribution is -0.150. The molecule has 130 valence electrons. The van der Waals surface area contributed by atoms with Crippen molar-refractivity contribution in [3.05, 3.63) is 42.5 Å². The topological polar surface area (TPSA) is 59.8 Å². The lowest BCUT2D eigenvalue weighted by Gasteiger charge is -2.60. The average Bonchev–Trinajstić information content (AvgIpc) is 3.11. The molecule has 5 nitrogen and oxygen atoms in total. The molecule has 1 amide bonds. The number of carbonyl (C=O) groups excluding carboxylic acids is 1. The van der Waals surface area contributed by atoms with Crippen LogP contribution in [0.2, 0.25) is 0 Å². The molecule has 1 aromatic carbocycles. The molecule has 4 aliphatic carbocycles. The van der Waals surface area contributed by atoms with Crippen molar-refractivity contribution < 1.29 is 4.79 Å². The molecule has 4 aliphatic rings. The second kappa shape index (κ2) is 5.16. The fourth-order valence-corrected chi connectivity index (χ4v) is 6.10. The van der Waals surface area contributed by atoms with E-state index in [2.05, 4.69) is 27.0 Å². The summed E-state index contributed by atoms with van der Waals surface area (Å²) in [7, 11) is 0. The highest BCUT2D eigenvalue weighted by Gasteiger charge is 2.61. The van der Waals surface area contributed by atoms with Gasteiger partial charge < -0.3 is 5.32 Å². The van der Waals surface area contributed by atoms with E-state index in [9.17, 15) is 4.79 Å². The van der Waals surface area contributed by atoms with Gasteiger partial charge in [0.15, 0.2) is 0 Å². The van der Waals surface area contributed by atoms with Crippen molar-refractivity contribution in [2.45, 2.75) is 51.0 Å². The molecule has 1 aromatic heterocycles. The summed E-state index contributed by atoms with van der Waals surface area (Å²) in [5.41, 5.74) is 1.85. The maximum absolute atomic E-state index is 13.3. The number of hydrogen-bond acceptors (Lipinski definition) is 3. The molecule has 4 fully saturated rings. The molecular weight excluding hydrogens is 312 g/mol. The first kappa shape index (κ1) is 15.1. The van der Waals surface area contributed by atoms with E-state index in [1.54, 1.807) is 6.33 Å². The largest absolute Gasteiger partial charge is 0.326 e. The van der Waals surface area contributed by atoms with Gasteiger partial charge in [-0.3, -0.25) is 4.79 Å². The first-order chi connectivity index (χ1) is 12.1. The maximum Gasteiger partial charge on any atom is 0.230 e. The number of anilines is 1. The standard InChI is InChI=1S/C20H24N4O/c1-14-2-4-17(5-3-14)23-18(25)19-7-15-6-16(8-19)10-20(9-15,11-19)24-13-21-12-22-24/h2-5,12-13,15-16H,6-11H2,1H3,(H,23,25)/t15-,16+,19?,20?. The van der Waals surface area contributed by atoms with Crippen molar-refractivity contribution in [2.75, 3.05) is 5.32 Å². The highest BCUT2D eigenvalue weighted by atomic mass is 16.2. The Morgan fingerprint density at radius 2 is 1.88 bits per heavy atom. The Bertz CT molecular complexity index is 782. The van der Waals surface area contributed by atoms with Crippen LogP contribution in [0, 0.1) is 24.2 Å². The van der Waals surface area contributed by atoms with Gasteiger partial charge in [-0.05, 0) is 69.4 Å². The first-order valence-corrected chi connectivity index (χ1v) is 9.30. The van der Waals surface area contributed by atoms with Gasteiger partial charge in [0.25, 0.3) is 0 Å². The van der Waals surface area contributed by atoms with Crippen LogP contribution in [0.5, 0.6) is 0 Å². The molecule has 4 bridgehead atoms. The Morgan fingerprint density at radius 1 is 1.16 bits per heavy atom. The van der Waals surface area contributed by atoms with Gasteiger partial charge >= 0.3 is 0 Å². The van der Waals surface area contributed by atoms with E-state index < -0.39 is 0 Å². The monoisotopic (exact) mass is 336 g/mol. The van der Waals surface area contributed by atoms with Gasteiger partial charge in [-0.2, -0.15) is 5.10 Å². The third kappa shape index (κ3) is 2.32. The highest BCUT2D eigenvalue weighted by Crippen LogP contribution is 2.64. The predicted molar refractivity (Wildman–Crippen MR) is 94.9 cm³/mol. The number of hydrogen-bond donors (Lipinski definition) is 1. The Kier molecular flexibility index (Phi) is 3.12. The quantitative estimate of drug-likeness (QED) is 0.933. The second-order valence-electron chi connectivity index (χ2n) is 8.63. The number of aromatic nitrogens is 3. The van der Waals surface area contributed by atoms with E-state index in [4.69, 9.17) is 0 Å². The second-order valence-corrected chi connectivity index (χ2v) is 8.63. The normalized spacial score (nSPS) is 35.7. The van der Waals surface area contributed by atoms with Crippen LogP contribution in [-0.2, 0) is 10.3 Å². The summed E-state index contributed by atoms with van der Waals surface area (Å²) in [5, 5.41) is 7.67. The van der Waals surface area contributed by atoms with Crippen molar-refractivity contribution in [1.29, 1.82) is 0 Å². The zero-order valence-electron chi connectivity index (χ0n) is 14.6. The molecule has 2 aromatic rings. The van der Waals surface area contributed by atoms with Gasteiger partial charge in [0.05, 0.1) is 11.0 Å². The maximum atomic E-state index is 13.3. The Labute approximate surface area is 147 Å². The molecule has 5 heteroatoms. The van der Waals surface area contributed by atoms with Crippen LogP contribution in [0.3, 0.4) is 0 Å². The lowest BCUT2D eigenvalue weighted by Crippen LogP contribution is -2.60. The highest BCUT2D eigenvalue weighted by molar-refractivity contribution is 5.95. The molecule has 0 saturated heterocycles. The molecule has 4 saturated carbocycles. The summed E-state index contributed by atoms with van der Waals surface area (Å²) in [6.45, 7) is 2.06. The summed E-state index contributed by atoms with van der Waals surface area (Å²) in [5.74, 6) is 1.47. The molecule has 2 unspecified atom stereocenters. The fourth-order valence-electron chi connectivity index (χ4n) is 6.10.